The number of carbonyl (C=O) groups is 3. The topological polar surface area (TPSA) is 70.8 Å². The molecule has 0 fully saturated rings. The lowest BCUT2D eigenvalue weighted by molar-refractivity contribution is 0.0631. The lowest BCUT2D eigenvalue weighted by Gasteiger charge is -2.23. The maximum absolute atomic E-state index is 13.3. The first-order chi connectivity index (χ1) is 14.6. The summed E-state index contributed by atoms with van der Waals surface area (Å²) in [6.45, 7) is 2.71. The van der Waals surface area contributed by atoms with E-state index in [0.29, 0.717) is 23.4 Å². The van der Waals surface area contributed by atoms with Gasteiger partial charge >= 0.3 is 0 Å². The summed E-state index contributed by atoms with van der Waals surface area (Å²) < 4.78 is 5.26. The van der Waals surface area contributed by atoms with Gasteiger partial charge in [-0.25, -0.2) is 0 Å². The maximum atomic E-state index is 13.3. The number of carbonyl (C=O) groups excluding carboxylic acids is 3. The van der Waals surface area contributed by atoms with E-state index in [1.165, 1.54) is 12.3 Å². The fourth-order valence-corrected chi connectivity index (χ4v) is 3.55. The summed E-state index contributed by atoms with van der Waals surface area (Å²) in [7, 11) is 0. The summed E-state index contributed by atoms with van der Waals surface area (Å²) in [5.74, 6) is -0.463. The fourth-order valence-electron chi connectivity index (χ4n) is 3.55. The molecule has 4 rings (SSSR count). The molecule has 1 aliphatic heterocycles. The molecular weight excluding hydrogens is 380 g/mol. The molecular formula is C24H22N2O4. The highest BCUT2D eigenvalue weighted by molar-refractivity contribution is 6.22. The minimum absolute atomic E-state index is 0.0647. The van der Waals surface area contributed by atoms with Gasteiger partial charge in [0.25, 0.3) is 17.7 Å². The van der Waals surface area contributed by atoms with Crippen LogP contribution in [0.2, 0.25) is 0 Å². The second-order valence-electron chi connectivity index (χ2n) is 7.18. The van der Waals surface area contributed by atoms with Crippen LogP contribution in [0.3, 0.4) is 0 Å². The summed E-state index contributed by atoms with van der Waals surface area (Å²) in [5, 5.41) is 0. The van der Waals surface area contributed by atoms with Gasteiger partial charge in [-0.15, -0.1) is 0 Å². The van der Waals surface area contributed by atoms with Crippen LogP contribution in [-0.4, -0.2) is 29.2 Å². The first-order valence-electron chi connectivity index (χ1n) is 9.99. The molecule has 0 atom stereocenters. The van der Waals surface area contributed by atoms with Gasteiger partial charge in [0.05, 0.1) is 23.9 Å². The summed E-state index contributed by atoms with van der Waals surface area (Å²) in [5.41, 5.74) is 1.75. The molecule has 0 radical (unpaired) electrons. The smallest absolute Gasteiger partial charge is 0.261 e. The van der Waals surface area contributed by atoms with Gasteiger partial charge in [0.15, 0.2) is 0 Å². The Morgan fingerprint density at radius 1 is 0.967 bits per heavy atom. The SMILES string of the molecule is CCCCN(C(=O)c1ccc2c(c1)C(=O)N(Cc1ccco1)C2=O)c1ccccc1. The van der Waals surface area contributed by atoms with Crippen molar-refractivity contribution in [1.82, 2.24) is 4.90 Å². The molecule has 0 unspecified atom stereocenters. The summed E-state index contributed by atoms with van der Waals surface area (Å²) in [6.07, 6.45) is 3.31. The standard InChI is InChI=1S/C24H22N2O4/c1-2-3-13-25(18-8-5-4-6-9-18)22(27)17-11-12-20-21(15-17)24(29)26(23(20)28)16-19-10-7-14-30-19/h4-12,14-15H,2-3,13,16H2,1H3. The van der Waals surface area contributed by atoms with E-state index in [1.54, 1.807) is 29.2 Å². The lowest BCUT2D eigenvalue weighted by atomic mass is 10.0. The fraction of sp³-hybridized carbons (Fsp3) is 0.208. The summed E-state index contributed by atoms with van der Waals surface area (Å²) in [4.78, 5) is 41.7. The molecule has 1 aromatic heterocycles. The van der Waals surface area contributed by atoms with Crippen LogP contribution in [0.5, 0.6) is 0 Å². The van der Waals surface area contributed by atoms with E-state index in [0.717, 1.165) is 23.4 Å². The van der Waals surface area contributed by atoms with Gasteiger partial charge in [-0.2, -0.15) is 0 Å². The third kappa shape index (κ3) is 3.64. The van der Waals surface area contributed by atoms with E-state index < -0.39 is 5.91 Å². The zero-order valence-corrected chi connectivity index (χ0v) is 16.7. The number of nitrogens with zero attached hydrogens (tertiary/aromatic N) is 2. The zero-order chi connectivity index (χ0) is 21.1. The van der Waals surface area contributed by atoms with Gasteiger partial charge in [0, 0.05) is 17.8 Å². The number of unbranched alkanes of at least 4 members (excludes halogenated alkanes) is 1. The number of anilines is 1. The van der Waals surface area contributed by atoms with Crippen LogP contribution in [0, 0.1) is 0 Å². The van der Waals surface area contributed by atoms with Crippen LogP contribution >= 0.6 is 0 Å². The van der Waals surface area contributed by atoms with Gasteiger partial charge in [-0.3, -0.25) is 19.3 Å². The highest BCUT2D eigenvalue weighted by Gasteiger charge is 2.36. The molecule has 152 valence electrons. The van der Waals surface area contributed by atoms with Crippen molar-refractivity contribution < 1.29 is 18.8 Å². The number of fused-ring (bicyclic) bond motifs is 1. The van der Waals surface area contributed by atoms with Crippen molar-refractivity contribution in [3.8, 4) is 0 Å². The van der Waals surface area contributed by atoms with E-state index in [1.807, 2.05) is 30.3 Å². The van der Waals surface area contributed by atoms with Crippen LogP contribution in [-0.2, 0) is 6.54 Å². The quantitative estimate of drug-likeness (QED) is 0.545. The number of imide groups is 1. The molecule has 3 aromatic rings. The summed E-state index contributed by atoms with van der Waals surface area (Å²) in [6, 6.07) is 17.6. The van der Waals surface area contributed by atoms with Crippen molar-refractivity contribution in [3.05, 3.63) is 89.4 Å². The van der Waals surface area contributed by atoms with Gasteiger partial charge in [-0.1, -0.05) is 31.5 Å². The van der Waals surface area contributed by atoms with E-state index in [2.05, 4.69) is 6.92 Å². The Morgan fingerprint density at radius 3 is 2.43 bits per heavy atom. The molecule has 0 bridgehead atoms. The minimum Gasteiger partial charge on any atom is -0.467 e. The Kier molecular flexibility index (Phi) is 5.48. The Balaban J connectivity index is 1.62. The number of para-hydroxylation sites is 1. The molecule has 3 amide bonds. The molecule has 1 aliphatic rings. The van der Waals surface area contributed by atoms with Crippen molar-refractivity contribution in [3.63, 3.8) is 0 Å². The average molecular weight is 402 g/mol. The highest BCUT2D eigenvalue weighted by Crippen LogP contribution is 2.27. The number of amides is 3. The molecule has 2 aromatic carbocycles. The Labute approximate surface area is 174 Å². The van der Waals surface area contributed by atoms with Gasteiger partial charge < -0.3 is 9.32 Å². The molecule has 6 nitrogen and oxygen atoms in total. The predicted molar refractivity (Wildman–Crippen MR) is 112 cm³/mol. The Bertz CT molecular complexity index is 1070. The second kappa shape index (κ2) is 8.37. The van der Waals surface area contributed by atoms with Crippen LogP contribution < -0.4 is 4.90 Å². The lowest BCUT2D eigenvalue weighted by Crippen LogP contribution is -2.32. The molecule has 2 heterocycles. The van der Waals surface area contributed by atoms with Crippen molar-refractivity contribution in [2.45, 2.75) is 26.3 Å². The van der Waals surface area contributed by atoms with Crippen LogP contribution in [0.15, 0.2) is 71.3 Å². The largest absolute Gasteiger partial charge is 0.467 e. The van der Waals surface area contributed by atoms with E-state index in [9.17, 15) is 14.4 Å². The van der Waals surface area contributed by atoms with Crippen molar-refractivity contribution in [2.24, 2.45) is 0 Å². The van der Waals surface area contributed by atoms with E-state index in [4.69, 9.17) is 4.42 Å². The first kappa shape index (κ1) is 19.6. The van der Waals surface area contributed by atoms with Crippen LogP contribution in [0.25, 0.3) is 0 Å². The monoisotopic (exact) mass is 402 g/mol. The van der Waals surface area contributed by atoms with Crippen molar-refractivity contribution >= 4 is 23.4 Å². The van der Waals surface area contributed by atoms with E-state index in [-0.39, 0.29) is 23.9 Å². The highest BCUT2D eigenvalue weighted by atomic mass is 16.3. The second-order valence-corrected chi connectivity index (χ2v) is 7.18. The molecule has 0 saturated heterocycles. The zero-order valence-electron chi connectivity index (χ0n) is 16.7. The van der Waals surface area contributed by atoms with Gasteiger partial charge in [0.1, 0.15) is 5.76 Å². The van der Waals surface area contributed by atoms with Crippen LogP contribution in [0.1, 0.15) is 56.6 Å². The van der Waals surface area contributed by atoms with Gasteiger partial charge in [-0.05, 0) is 48.9 Å². The molecule has 0 N–H and O–H groups in total. The molecule has 0 saturated carbocycles. The Morgan fingerprint density at radius 2 is 1.73 bits per heavy atom. The number of furan rings is 1. The minimum atomic E-state index is -0.416. The summed E-state index contributed by atoms with van der Waals surface area (Å²) >= 11 is 0. The van der Waals surface area contributed by atoms with E-state index >= 15 is 0 Å². The van der Waals surface area contributed by atoms with Crippen LogP contribution in [0.4, 0.5) is 5.69 Å². The molecule has 6 heteroatoms. The molecule has 0 spiro atoms. The first-order valence-corrected chi connectivity index (χ1v) is 9.99. The third-order valence-electron chi connectivity index (χ3n) is 5.16. The maximum Gasteiger partial charge on any atom is 0.261 e. The number of benzene rings is 2. The normalized spacial score (nSPS) is 12.9. The molecule has 30 heavy (non-hydrogen) atoms. The third-order valence-corrected chi connectivity index (χ3v) is 5.16. The Hall–Kier alpha value is -3.67. The average Bonchev–Trinajstić information content (AvgIpc) is 3.37. The predicted octanol–water partition coefficient (Wildman–Crippen LogP) is 4.52. The number of hydrogen-bond donors (Lipinski definition) is 0. The van der Waals surface area contributed by atoms with Crippen molar-refractivity contribution in [1.29, 1.82) is 0 Å². The van der Waals surface area contributed by atoms with Crippen molar-refractivity contribution in [2.75, 3.05) is 11.4 Å². The van der Waals surface area contributed by atoms with Gasteiger partial charge in [0.2, 0.25) is 0 Å². The molecule has 0 aliphatic carbocycles. The number of hydrogen-bond acceptors (Lipinski definition) is 4. The number of rotatable bonds is 7.